The van der Waals surface area contributed by atoms with Crippen LogP contribution in [0.1, 0.15) is 27.6 Å². The molecule has 10 heteroatoms. The van der Waals surface area contributed by atoms with Gasteiger partial charge in [0.25, 0.3) is 11.6 Å². The maximum atomic E-state index is 12.5. The van der Waals surface area contributed by atoms with Gasteiger partial charge in [-0.15, -0.1) is 0 Å². The number of nitro benzene ring substituents is 1. The lowest BCUT2D eigenvalue weighted by molar-refractivity contribution is -0.385. The summed E-state index contributed by atoms with van der Waals surface area (Å²) in [6, 6.07) is 8.49. The number of carbonyl (C=O) groups excluding carboxylic acids is 2. The second-order valence-electron chi connectivity index (χ2n) is 5.28. The fourth-order valence-electron chi connectivity index (χ4n) is 2.48. The molecule has 3 rings (SSSR count). The molecule has 1 aromatic heterocycles. The summed E-state index contributed by atoms with van der Waals surface area (Å²) < 4.78 is 6.14. The molecular formula is C17H12N3O6S-. The minimum atomic E-state index is -1.69. The Bertz CT molecular complexity index is 1030. The average molecular weight is 386 g/mol. The number of benzene rings is 2. The van der Waals surface area contributed by atoms with Crippen molar-refractivity contribution in [3.63, 3.8) is 0 Å². The molecule has 0 bridgehead atoms. The fraction of sp³-hybridized carbons (Fsp3) is 0.118. The van der Waals surface area contributed by atoms with Crippen molar-refractivity contribution in [2.24, 2.45) is 0 Å². The molecule has 0 aliphatic carbocycles. The molecular weight excluding hydrogens is 374 g/mol. The molecule has 0 radical (unpaired) electrons. The number of nitrogens with zero attached hydrogens (tertiary/aromatic N) is 2. The molecule has 1 N–H and O–H groups in total. The minimum Gasteiger partial charge on any atom is -0.545 e. The lowest BCUT2D eigenvalue weighted by Crippen LogP contribution is -2.27. The van der Waals surface area contributed by atoms with Crippen LogP contribution in [0.5, 0.6) is 5.75 Å². The van der Waals surface area contributed by atoms with Crippen molar-refractivity contribution >= 4 is 44.2 Å². The Labute approximate surface area is 156 Å². The van der Waals surface area contributed by atoms with Crippen molar-refractivity contribution in [2.75, 3.05) is 11.9 Å². The predicted octanol–water partition coefficient (Wildman–Crippen LogP) is 2.22. The van der Waals surface area contributed by atoms with Crippen LogP contribution < -0.4 is 15.2 Å². The van der Waals surface area contributed by atoms with Gasteiger partial charge in [0, 0.05) is 11.6 Å². The lowest BCUT2D eigenvalue weighted by atomic mass is 10.0. The van der Waals surface area contributed by atoms with Crippen LogP contribution in [0.4, 0.5) is 10.8 Å². The first-order valence-electron chi connectivity index (χ1n) is 7.74. The smallest absolute Gasteiger partial charge is 0.282 e. The second kappa shape index (κ2) is 7.38. The number of thiazole rings is 1. The van der Waals surface area contributed by atoms with E-state index in [1.165, 1.54) is 6.07 Å². The number of hydrogen-bond donors (Lipinski definition) is 1. The van der Waals surface area contributed by atoms with Gasteiger partial charge in [0.1, 0.15) is 11.3 Å². The average Bonchev–Trinajstić information content (AvgIpc) is 3.02. The number of nitrogens with one attached hydrogen (secondary N) is 1. The van der Waals surface area contributed by atoms with E-state index in [0.717, 1.165) is 28.2 Å². The molecule has 0 saturated heterocycles. The van der Waals surface area contributed by atoms with Crippen molar-refractivity contribution in [3.8, 4) is 5.75 Å². The summed E-state index contributed by atoms with van der Waals surface area (Å²) in [7, 11) is 0. The molecule has 3 aromatic rings. The van der Waals surface area contributed by atoms with Crippen LogP contribution in [0.15, 0.2) is 36.4 Å². The number of carboxylic acid groups (broad SMARTS) is 1. The fourth-order valence-corrected chi connectivity index (χ4v) is 3.36. The molecule has 0 aliphatic heterocycles. The Kier molecular flexibility index (Phi) is 4.99. The number of rotatable bonds is 6. The third kappa shape index (κ3) is 3.70. The van der Waals surface area contributed by atoms with E-state index in [1.54, 1.807) is 18.2 Å². The van der Waals surface area contributed by atoms with Crippen molar-refractivity contribution in [1.82, 2.24) is 4.98 Å². The molecule has 0 atom stereocenters. The number of carboxylic acids is 1. The molecule has 9 nitrogen and oxygen atoms in total. The van der Waals surface area contributed by atoms with Crippen molar-refractivity contribution in [2.45, 2.75) is 6.92 Å². The Balaban J connectivity index is 1.97. The van der Waals surface area contributed by atoms with Crippen molar-refractivity contribution in [3.05, 3.63) is 57.6 Å². The number of nitro groups is 1. The third-order valence-electron chi connectivity index (χ3n) is 3.58. The van der Waals surface area contributed by atoms with Gasteiger partial charge in [-0.3, -0.25) is 20.2 Å². The largest absolute Gasteiger partial charge is 0.545 e. The summed E-state index contributed by atoms with van der Waals surface area (Å²) in [6.45, 7) is 2.35. The normalized spacial score (nSPS) is 10.6. The van der Waals surface area contributed by atoms with Crippen LogP contribution in [-0.2, 0) is 0 Å². The zero-order valence-electron chi connectivity index (χ0n) is 13.9. The second-order valence-corrected chi connectivity index (χ2v) is 6.31. The minimum absolute atomic E-state index is 0.172. The van der Waals surface area contributed by atoms with Gasteiger partial charge in [-0.2, -0.15) is 0 Å². The van der Waals surface area contributed by atoms with Crippen LogP contribution in [0, 0.1) is 10.1 Å². The topological polar surface area (TPSA) is 134 Å². The first kappa shape index (κ1) is 18.3. The van der Waals surface area contributed by atoms with Gasteiger partial charge in [0.2, 0.25) is 0 Å². The molecule has 0 aliphatic rings. The summed E-state index contributed by atoms with van der Waals surface area (Å²) in [5, 5.41) is 25.0. The monoisotopic (exact) mass is 386 g/mol. The van der Waals surface area contributed by atoms with Crippen molar-refractivity contribution in [1.29, 1.82) is 0 Å². The molecule has 0 spiro atoms. The Morgan fingerprint density at radius 3 is 2.74 bits per heavy atom. The molecule has 0 fully saturated rings. The highest BCUT2D eigenvalue weighted by Crippen LogP contribution is 2.30. The Morgan fingerprint density at radius 1 is 1.30 bits per heavy atom. The van der Waals surface area contributed by atoms with E-state index in [9.17, 15) is 24.8 Å². The number of hydrogen-bond acceptors (Lipinski definition) is 8. The zero-order chi connectivity index (χ0) is 19.6. The van der Waals surface area contributed by atoms with E-state index in [2.05, 4.69) is 10.3 Å². The summed E-state index contributed by atoms with van der Waals surface area (Å²) in [5.41, 5.74) is -1.19. The number of anilines is 1. The van der Waals surface area contributed by atoms with Crippen LogP contribution in [0.3, 0.4) is 0 Å². The highest BCUT2D eigenvalue weighted by Gasteiger charge is 2.25. The molecule has 138 valence electrons. The Hall–Kier alpha value is -3.53. The third-order valence-corrected chi connectivity index (χ3v) is 4.51. The van der Waals surface area contributed by atoms with Crippen LogP contribution in [0.2, 0.25) is 0 Å². The summed E-state index contributed by atoms with van der Waals surface area (Å²) >= 11 is 1.13. The van der Waals surface area contributed by atoms with Gasteiger partial charge < -0.3 is 14.6 Å². The highest BCUT2D eigenvalue weighted by molar-refractivity contribution is 7.22. The summed E-state index contributed by atoms with van der Waals surface area (Å²) in [4.78, 5) is 38.4. The van der Waals surface area contributed by atoms with Gasteiger partial charge >= 0.3 is 0 Å². The SMILES string of the molecule is CCOc1ccc2nc(NC(=O)c3c(C(=O)[O-])cccc3[N+](=O)[O-])sc2c1. The number of aromatic nitrogens is 1. The molecule has 2 aromatic carbocycles. The van der Waals surface area contributed by atoms with Gasteiger partial charge in [0.05, 0.1) is 27.7 Å². The number of carbonyl (C=O) groups is 2. The molecule has 1 heterocycles. The van der Waals surface area contributed by atoms with Crippen LogP contribution >= 0.6 is 11.3 Å². The van der Waals surface area contributed by atoms with Gasteiger partial charge in [-0.1, -0.05) is 23.5 Å². The maximum Gasteiger partial charge on any atom is 0.282 e. The van der Waals surface area contributed by atoms with Crippen molar-refractivity contribution < 1.29 is 24.4 Å². The lowest BCUT2D eigenvalue weighted by Gasteiger charge is -2.09. The summed E-state index contributed by atoms with van der Waals surface area (Å²) in [6.07, 6.45) is 0. The van der Waals surface area contributed by atoms with E-state index >= 15 is 0 Å². The van der Waals surface area contributed by atoms with E-state index in [4.69, 9.17) is 4.74 Å². The van der Waals surface area contributed by atoms with Crippen LogP contribution in [0.25, 0.3) is 10.2 Å². The van der Waals surface area contributed by atoms with Gasteiger partial charge in [-0.25, -0.2) is 4.98 Å². The first-order valence-corrected chi connectivity index (χ1v) is 8.56. The highest BCUT2D eigenvalue weighted by atomic mass is 32.1. The number of ether oxygens (including phenoxy) is 1. The Morgan fingerprint density at radius 2 is 2.07 bits per heavy atom. The number of aromatic carboxylic acids is 1. The van der Waals surface area contributed by atoms with E-state index in [0.29, 0.717) is 17.9 Å². The molecule has 0 unspecified atom stereocenters. The van der Waals surface area contributed by atoms with Crippen LogP contribution in [-0.4, -0.2) is 28.4 Å². The van der Waals surface area contributed by atoms with E-state index < -0.39 is 33.6 Å². The van der Waals surface area contributed by atoms with E-state index in [1.807, 2.05) is 6.92 Å². The zero-order valence-corrected chi connectivity index (χ0v) is 14.7. The molecule has 0 saturated carbocycles. The maximum absolute atomic E-state index is 12.5. The first-order chi connectivity index (χ1) is 12.9. The molecule has 27 heavy (non-hydrogen) atoms. The molecule has 1 amide bonds. The quantitative estimate of drug-likeness (QED) is 0.507. The number of amides is 1. The predicted molar refractivity (Wildman–Crippen MR) is 96.2 cm³/mol. The van der Waals surface area contributed by atoms with Gasteiger partial charge in [0.15, 0.2) is 5.13 Å². The van der Waals surface area contributed by atoms with Gasteiger partial charge in [-0.05, 0) is 25.1 Å². The summed E-state index contributed by atoms with van der Waals surface area (Å²) in [5.74, 6) is -2.00. The standard InChI is InChI=1S/C17H13N3O6S/c1-2-26-9-6-7-11-13(8-9)27-17(18-11)19-15(21)14-10(16(22)23)4-3-5-12(14)20(24)25/h3-8H,2H2,1H3,(H,22,23)(H,18,19,21)/p-1. The number of fused-ring (bicyclic) bond motifs is 1. The van der Waals surface area contributed by atoms with E-state index in [-0.39, 0.29) is 5.13 Å².